The van der Waals surface area contributed by atoms with Crippen LogP contribution in [0.15, 0.2) is 12.3 Å². The van der Waals surface area contributed by atoms with Gasteiger partial charge in [-0.2, -0.15) is 5.10 Å². The van der Waals surface area contributed by atoms with Crippen molar-refractivity contribution in [2.75, 3.05) is 39.9 Å². The first-order valence-electron chi connectivity index (χ1n) is 9.20. The molecule has 7 nitrogen and oxygen atoms in total. The number of aromatic nitrogens is 2. The number of piperidine rings is 1. The van der Waals surface area contributed by atoms with Crippen LogP contribution in [0.5, 0.6) is 0 Å². The Labute approximate surface area is 148 Å². The number of carbonyl (C=O) groups is 2. The van der Waals surface area contributed by atoms with Crippen molar-refractivity contribution in [2.45, 2.75) is 32.1 Å². The number of methoxy groups -OCH3 is 1. The second-order valence-electron chi connectivity index (χ2n) is 7.13. The second kappa shape index (κ2) is 8.47. The highest BCUT2D eigenvalue weighted by molar-refractivity contribution is 5.78. The number of hydrogen-bond acceptors (Lipinski definition) is 4. The molecule has 3 rings (SSSR count). The smallest absolute Gasteiger partial charge is 0.228 e. The summed E-state index contributed by atoms with van der Waals surface area (Å²) < 4.78 is 5.00. The third-order valence-corrected chi connectivity index (χ3v) is 5.47. The standard InChI is InChI=1S/C18H28N4O3/c1-25-10-6-17(23)22-9-5-15(13-22)14-3-2-8-21(12-14)18(24)11-16-4-7-19-20-16/h4,7,14-15H,2-3,5-6,8-13H2,1H3,(H,19,20). The van der Waals surface area contributed by atoms with Crippen LogP contribution < -0.4 is 0 Å². The number of amides is 2. The molecule has 2 amide bonds. The minimum Gasteiger partial charge on any atom is -0.384 e. The molecule has 138 valence electrons. The Morgan fingerprint density at radius 1 is 1.20 bits per heavy atom. The van der Waals surface area contributed by atoms with Crippen molar-refractivity contribution in [2.24, 2.45) is 11.8 Å². The molecule has 1 N–H and O–H groups in total. The van der Waals surface area contributed by atoms with Crippen molar-refractivity contribution in [3.63, 3.8) is 0 Å². The highest BCUT2D eigenvalue weighted by atomic mass is 16.5. The van der Waals surface area contributed by atoms with E-state index < -0.39 is 0 Å². The fourth-order valence-electron chi connectivity index (χ4n) is 4.03. The normalized spacial score (nSPS) is 23.9. The zero-order valence-corrected chi connectivity index (χ0v) is 14.9. The van der Waals surface area contributed by atoms with Crippen LogP contribution in [0, 0.1) is 11.8 Å². The van der Waals surface area contributed by atoms with Gasteiger partial charge < -0.3 is 14.5 Å². The van der Waals surface area contributed by atoms with Crippen LogP contribution in [0.1, 0.15) is 31.4 Å². The predicted molar refractivity (Wildman–Crippen MR) is 92.8 cm³/mol. The Morgan fingerprint density at radius 2 is 1.96 bits per heavy atom. The predicted octanol–water partition coefficient (Wildman–Crippen LogP) is 1.08. The van der Waals surface area contributed by atoms with E-state index >= 15 is 0 Å². The lowest BCUT2D eigenvalue weighted by atomic mass is 9.84. The van der Waals surface area contributed by atoms with Crippen LogP contribution in [0.4, 0.5) is 0 Å². The molecule has 3 heterocycles. The first-order chi connectivity index (χ1) is 12.2. The summed E-state index contributed by atoms with van der Waals surface area (Å²) in [7, 11) is 1.62. The summed E-state index contributed by atoms with van der Waals surface area (Å²) in [6.07, 6.45) is 5.77. The number of nitrogens with one attached hydrogen (secondary N) is 1. The highest BCUT2D eigenvalue weighted by Crippen LogP contribution is 2.31. The fourth-order valence-corrected chi connectivity index (χ4v) is 4.03. The molecule has 1 aromatic rings. The van der Waals surface area contributed by atoms with Gasteiger partial charge in [0.2, 0.25) is 11.8 Å². The molecule has 0 aromatic carbocycles. The summed E-state index contributed by atoms with van der Waals surface area (Å²) in [5.74, 6) is 1.36. The van der Waals surface area contributed by atoms with Crippen molar-refractivity contribution in [1.29, 1.82) is 0 Å². The molecule has 2 aliphatic rings. The molecule has 2 aliphatic heterocycles. The lowest BCUT2D eigenvalue weighted by Crippen LogP contribution is -2.43. The number of nitrogens with zero attached hydrogens (tertiary/aromatic N) is 3. The van der Waals surface area contributed by atoms with E-state index in [1.807, 2.05) is 15.9 Å². The summed E-state index contributed by atoms with van der Waals surface area (Å²) in [5.41, 5.74) is 0.864. The molecule has 1 aromatic heterocycles. The molecule has 0 bridgehead atoms. The van der Waals surface area contributed by atoms with Crippen molar-refractivity contribution in [3.8, 4) is 0 Å². The van der Waals surface area contributed by atoms with Gasteiger partial charge in [-0.1, -0.05) is 0 Å². The third kappa shape index (κ3) is 4.60. The largest absolute Gasteiger partial charge is 0.384 e. The van der Waals surface area contributed by atoms with Crippen LogP contribution in [-0.4, -0.2) is 71.7 Å². The Morgan fingerprint density at radius 3 is 2.68 bits per heavy atom. The first-order valence-corrected chi connectivity index (χ1v) is 9.20. The number of carbonyl (C=O) groups excluding carboxylic acids is 2. The number of rotatable bonds is 6. The van der Waals surface area contributed by atoms with Crippen molar-refractivity contribution in [1.82, 2.24) is 20.0 Å². The Hall–Kier alpha value is -1.89. The molecule has 0 spiro atoms. The lowest BCUT2D eigenvalue weighted by molar-refractivity contribution is -0.133. The number of H-pyrrole nitrogens is 1. The molecule has 2 atom stereocenters. The maximum absolute atomic E-state index is 12.5. The van der Waals surface area contributed by atoms with Crippen LogP contribution in [0.25, 0.3) is 0 Å². The van der Waals surface area contributed by atoms with E-state index in [4.69, 9.17) is 4.74 Å². The molecule has 2 unspecified atom stereocenters. The molecule has 0 saturated carbocycles. The SMILES string of the molecule is COCCC(=O)N1CCC(C2CCCN(C(=O)Cc3ccn[nH]3)C2)C1. The van der Waals surface area contributed by atoms with Crippen LogP contribution in [0.3, 0.4) is 0 Å². The van der Waals surface area contributed by atoms with Gasteiger partial charge in [0, 0.05) is 45.2 Å². The monoisotopic (exact) mass is 348 g/mol. The Balaban J connectivity index is 1.50. The zero-order chi connectivity index (χ0) is 17.6. The van der Waals surface area contributed by atoms with E-state index in [9.17, 15) is 9.59 Å². The maximum Gasteiger partial charge on any atom is 0.228 e. The lowest BCUT2D eigenvalue weighted by Gasteiger charge is -2.35. The summed E-state index contributed by atoms with van der Waals surface area (Å²) >= 11 is 0. The van der Waals surface area contributed by atoms with Gasteiger partial charge in [0.05, 0.1) is 19.4 Å². The molecule has 25 heavy (non-hydrogen) atoms. The van der Waals surface area contributed by atoms with Crippen LogP contribution in [0.2, 0.25) is 0 Å². The summed E-state index contributed by atoms with van der Waals surface area (Å²) in [5, 5.41) is 6.76. The molecule has 0 radical (unpaired) electrons. The van der Waals surface area contributed by atoms with Gasteiger partial charge in [0.25, 0.3) is 0 Å². The minimum absolute atomic E-state index is 0.167. The minimum atomic E-state index is 0.167. The second-order valence-corrected chi connectivity index (χ2v) is 7.13. The number of aromatic amines is 1. The van der Waals surface area contributed by atoms with Gasteiger partial charge in [-0.3, -0.25) is 14.7 Å². The Bertz CT molecular complexity index is 575. The van der Waals surface area contributed by atoms with E-state index in [1.165, 1.54) is 0 Å². The average Bonchev–Trinajstić information content (AvgIpc) is 3.31. The molecule has 2 saturated heterocycles. The zero-order valence-electron chi connectivity index (χ0n) is 14.9. The molecular weight excluding hydrogens is 320 g/mol. The van der Waals surface area contributed by atoms with Crippen molar-refractivity contribution in [3.05, 3.63) is 18.0 Å². The van der Waals surface area contributed by atoms with E-state index in [1.54, 1.807) is 13.3 Å². The van der Waals surface area contributed by atoms with Gasteiger partial charge in [-0.15, -0.1) is 0 Å². The third-order valence-electron chi connectivity index (χ3n) is 5.47. The van der Waals surface area contributed by atoms with Crippen molar-refractivity contribution < 1.29 is 14.3 Å². The first kappa shape index (κ1) is 17.9. The highest BCUT2D eigenvalue weighted by Gasteiger charge is 2.35. The van der Waals surface area contributed by atoms with Gasteiger partial charge in [0.15, 0.2) is 0 Å². The average molecular weight is 348 g/mol. The Kier molecular flexibility index (Phi) is 6.07. The van der Waals surface area contributed by atoms with Crippen molar-refractivity contribution >= 4 is 11.8 Å². The summed E-state index contributed by atoms with van der Waals surface area (Å²) in [6.45, 7) is 3.81. The van der Waals surface area contributed by atoms with Crippen LogP contribution >= 0.6 is 0 Å². The summed E-state index contributed by atoms with van der Waals surface area (Å²) in [4.78, 5) is 28.6. The van der Waals surface area contributed by atoms with Gasteiger partial charge in [-0.05, 0) is 37.2 Å². The number of ether oxygens (including phenoxy) is 1. The van der Waals surface area contributed by atoms with Gasteiger partial charge in [-0.25, -0.2) is 0 Å². The van der Waals surface area contributed by atoms with E-state index in [0.29, 0.717) is 31.3 Å². The topological polar surface area (TPSA) is 78.5 Å². The fraction of sp³-hybridized carbons (Fsp3) is 0.722. The quantitative estimate of drug-likeness (QED) is 0.834. The molecule has 7 heteroatoms. The molecule has 0 aliphatic carbocycles. The van der Waals surface area contributed by atoms with Gasteiger partial charge >= 0.3 is 0 Å². The molecule has 2 fully saturated rings. The number of hydrogen-bond donors (Lipinski definition) is 1. The maximum atomic E-state index is 12.5. The van der Waals surface area contributed by atoms with Crippen LogP contribution in [-0.2, 0) is 20.7 Å². The van der Waals surface area contributed by atoms with E-state index in [-0.39, 0.29) is 11.8 Å². The van der Waals surface area contributed by atoms with E-state index in [0.717, 1.165) is 51.1 Å². The molecular formula is C18H28N4O3. The van der Waals surface area contributed by atoms with E-state index in [2.05, 4.69) is 10.2 Å². The summed E-state index contributed by atoms with van der Waals surface area (Å²) in [6, 6.07) is 1.85. The van der Waals surface area contributed by atoms with Gasteiger partial charge in [0.1, 0.15) is 0 Å². The number of likely N-dealkylation sites (tertiary alicyclic amines) is 2.